The lowest BCUT2D eigenvalue weighted by molar-refractivity contribution is -0.123. The maximum Gasteiger partial charge on any atom is 0.243 e. The molecule has 6 heteroatoms. The largest absolute Gasteiger partial charge is 0.493 e. The fraction of sp³-hybridized carbons (Fsp3) is 0.462. The zero-order valence-corrected chi connectivity index (χ0v) is 19.0. The molecule has 0 saturated heterocycles. The van der Waals surface area contributed by atoms with E-state index in [9.17, 15) is 9.59 Å². The first kappa shape index (κ1) is 20.9. The first-order chi connectivity index (χ1) is 15.2. The van der Waals surface area contributed by atoms with Crippen molar-refractivity contribution in [2.24, 2.45) is 0 Å². The van der Waals surface area contributed by atoms with Crippen molar-refractivity contribution in [2.75, 3.05) is 17.2 Å². The molecule has 0 bridgehead atoms. The second-order valence-corrected chi connectivity index (χ2v) is 10.3. The van der Waals surface area contributed by atoms with Crippen LogP contribution in [0.1, 0.15) is 56.7 Å². The van der Waals surface area contributed by atoms with Gasteiger partial charge in [-0.1, -0.05) is 12.1 Å². The molecule has 0 aromatic heterocycles. The third kappa shape index (κ3) is 3.94. The summed E-state index contributed by atoms with van der Waals surface area (Å²) in [6, 6.07) is 11.8. The van der Waals surface area contributed by atoms with Gasteiger partial charge in [-0.2, -0.15) is 0 Å². The highest BCUT2D eigenvalue weighted by atomic mass is 16.5. The Kier molecular flexibility index (Phi) is 4.91. The number of aryl methyl sites for hydroxylation is 1. The number of ether oxygens (including phenoxy) is 1. The van der Waals surface area contributed by atoms with E-state index in [1.807, 2.05) is 51.1 Å². The van der Waals surface area contributed by atoms with Gasteiger partial charge in [0.05, 0.1) is 12.0 Å². The Balaban J connectivity index is 1.28. The summed E-state index contributed by atoms with van der Waals surface area (Å²) in [7, 11) is 0. The number of benzene rings is 2. The molecule has 1 fully saturated rings. The predicted octanol–water partition coefficient (Wildman–Crippen LogP) is 3.93. The van der Waals surface area contributed by atoms with Gasteiger partial charge in [0.15, 0.2) is 0 Å². The zero-order chi connectivity index (χ0) is 22.5. The lowest BCUT2D eigenvalue weighted by Gasteiger charge is -2.23. The number of hydrogen-bond acceptors (Lipinski definition) is 4. The van der Waals surface area contributed by atoms with E-state index in [4.69, 9.17) is 4.74 Å². The first-order valence-electron chi connectivity index (χ1n) is 11.5. The molecule has 1 saturated carbocycles. The highest BCUT2D eigenvalue weighted by Crippen LogP contribution is 2.50. The summed E-state index contributed by atoms with van der Waals surface area (Å²) in [4.78, 5) is 25.8. The Morgan fingerprint density at radius 3 is 2.66 bits per heavy atom. The van der Waals surface area contributed by atoms with Crippen LogP contribution in [0.2, 0.25) is 0 Å². The van der Waals surface area contributed by atoms with Gasteiger partial charge in [0.25, 0.3) is 0 Å². The van der Waals surface area contributed by atoms with Gasteiger partial charge in [-0.3, -0.25) is 9.59 Å². The van der Waals surface area contributed by atoms with Gasteiger partial charge >= 0.3 is 0 Å². The minimum Gasteiger partial charge on any atom is -0.493 e. The average molecular weight is 434 g/mol. The smallest absolute Gasteiger partial charge is 0.243 e. The van der Waals surface area contributed by atoms with Crippen molar-refractivity contribution in [3.63, 3.8) is 0 Å². The number of nitrogens with one attached hydrogen (secondary N) is 3. The standard InChI is InChI=1S/C26H31N3O3/c1-25(2,3)29-23(30)21-15-17-14-19(7-8-20(17)28-21)27-24(31)26(10-11-26)18-6-9-22-16(13-18)5-4-12-32-22/h6-9,13-14,21,28H,4-5,10-12,15H2,1-3H3,(H,27,31)(H,29,30). The predicted molar refractivity (Wildman–Crippen MR) is 125 cm³/mol. The van der Waals surface area contributed by atoms with E-state index >= 15 is 0 Å². The quantitative estimate of drug-likeness (QED) is 0.683. The van der Waals surface area contributed by atoms with Crippen molar-refractivity contribution in [2.45, 2.75) is 69.9 Å². The molecule has 2 aromatic carbocycles. The number of carbonyl (C=O) groups is 2. The van der Waals surface area contributed by atoms with Gasteiger partial charge in [0, 0.05) is 23.3 Å². The van der Waals surface area contributed by atoms with E-state index in [-0.39, 0.29) is 23.4 Å². The number of hydrogen-bond donors (Lipinski definition) is 3. The lowest BCUT2D eigenvalue weighted by Crippen LogP contribution is -2.47. The van der Waals surface area contributed by atoms with E-state index in [0.29, 0.717) is 6.42 Å². The number of fused-ring (bicyclic) bond motifs is 2. The van der Waals surface area contributed by atoms with Crippen LogP contribution in [-0.4, -0.2) is 30.0 Å². The van der Waals surface area contributed by atoms with Crippen molar-refractivity contribution in [3.05, 3.63) is 53.1 Å². The normalized spacial score (nSPS) is 20.3. The first-order valence-corrected chi connectivity index (χ1v) is 11.5. The molecule has 2 amide bonds. The molecule has 5 rings (SSSR count). The molecule has 6 nitrogen and oxygen atoms in total. The molecule has 32 heavy (non-hydrogen) atoms. The Bertz CT molecular complexity index is 1080. The molecule has 1 unspecified atom stereocenters. The molecule has 2 heterocycles. The summed E-state index contributed by atoms with van der Waals surface area (Å²) in [6.45, 7) is 6.70. The number of carbonyl (C=O) groups excluding carboxylic acids is 2. The number of anilines is 2. The SMILES string of the molecule is CC(C)(C)NC(=O)C1Cc2cc(NC(=O)C3(c4ccc5c(c4)CCCO5)CC3)ccc2N1. The maximum absolute atomic E-state index is 13.3. The fourth-order valence-electron chi connectivity index (χ4n) is 4.74. The fourth-order valence-corrected chi connectivity index (χ4v) is 4.74. The molecule has 168 valence electrons. The van der Waals surface area contributed by atoms with Crippen molar-refractivity contribution < 1.29 is 14.3 Å². The highest BCUT2D eigenvalue weighted by molar-refractivity contribution is 6.01. The topological polar surface area (TPSA) is 79.5 Å². The number of rotatable bonds is 4. The molecule has 0 spiro atoms. The van der Waals surface area contributed by atoms with Crippen LogP contribution in [0.15, 0.2) is 36.4 Å². The summed E-state index contributed by atoms with van der Waals surface area (Å²) in [5.74, 6) is 0.988. The molecule has 1 aliphatic carbocycles. The molecule has 3 N–H and O–H groups in total. The van der Waals surface area contributed by atoms with Crippen molar-refractivity contribution in [1.29, 1.82) is 0 Å². The van der Waals surface area contributed by atoms with E-state index < -0.39 is 5.41 Å². The van der Waals surface area contributed by atoms with Gasteiger partial charge in [0.1, 0.15) is 11.8 Å². The van der Waals surface area contributed by atoms with Crippen molar-refractivity contribution in [3.8, 4) is 5.75 Å². The average Bonchev–Trinajstić information content (AvgIpc) is 3.45. The Labute approximate surface area is 189 Å². The van der Waals surface area contributed by atoms with E-state index in [0.717, 1.165) is 60.5 Å². The van der Waals surface area contributed by atoms with Crippen LogP contribution in [-0.2, 0) is 27.8 Å². The van der Waals surface area contributed by atoms with E-state index in [1.165, 1.54) is 5.56 Å². The Morgan fingerprint density at radius 1 is 1.09 bits per heavy atom. The van der Waals surface area contributed by atoms with Gasteiger partial charge in [-0.25, -0.2) is 0 Å². The van der Waals surface area contributed by atoms with Gasteiger partial charge in [-0.05, 0) is 87.4 Å². The van der Waals surface area contributed by atoms with Crippen LogP contribution < -0.4 is 20.7 Å². The molecule has 1 atom stereocenters. The van der Waals surface area contributed by atoms with Gasteiger partial charge in [0.2, 0.25) is 11.8 Å². The molecule has 3 aliphatic rings. The van der Waals surface area contributed by atoms with Crippen LogP contribution >= 0.6 is 0 Å². The monoisotopic (exact) mass is 433 g/mol. The van der Waals surface area contributed by atoms with E-state index in [1.54, 1.807) is 0 Å². The van der Waals surface area contributed by atoms with Gasteiger partial charge in [-0.15, -0.1) is 0 Å². The second-order valence-electron chi connectivity index (χ2n) is 10.3. The van der Waals surface area contributed by atoms with Crippen molar-refractivity contribution >= 4 is 23.2 Å². The van der Waals surface area contributed by atoms with Crippen LogP contribution in [0.4, 0.5) is 11.4 Å². The maximum atomic E-state index is 13.3. The lowest BCUT2D eigenvalue weighted by atomic mass is 9.91. The Morgan fingerprint density at radius 2 is 1.91 bits per heavy atom. The molecule has 2 aliphatic heterocycles. The van der Waals surface area contributed by atoms with Crippen LogP contribution in [0, 0.1) is 0 Å². The van der Waals surface area contributed by atoms with Gasteiger partial charge < -0.3 is 20.7 Å². The summed E-state index contributed by atoms with van der Waals surface area (Å²) < 4.78 is 5.73. The Hall–Kier alpha value is -3.02. The summed E-state index contributed by atoms with van der Waals surface area (Å²) >= 11 is 0. The second kappa shape index (κ2) is 7.54. The summed E-state index contributed by atoms with van der Waals surface area (Å²) in [5, 5.41) is 9.47. The van der Waals surface area contributed by atoms with Crippen LogP contribution in [0.3, 0.4) is 0 Å². The van der Waals surface area contributed by atoms with Crippen LogP contribution in [0.25, 0.3) is 0 Å². The van der Waals surface area contributed by atoms with Crippen LogP contribution in [0.5, 0.6) is 5.75 Å². The summed E-state index contributed by atoms with van der Waals surface area (Å²) in [6.07, 6.45) is 4.35. The van der Waals surface area contributed by atoms with E-state index in [2.05, 4.69) is 22.0 Å². The molecule has 0 radical (unpaired) electrons. The summed E-state index contributed by atoms with van der Waals surface area (Å²) in [5.41, 5.74) is 4.35. The molecule has 2 aromatic rings. The highest BCUT2D eigenvalue weighted by Gasteiger charge is 2.51. The third-order valence-corrected chi connectivity index (χ3v) is 6.58. The van der Waals surface area contributed by atoms with Crippen molar-refractivity contribution in [1.82, 2.24) is 5.32 Å². The molecular formula is C26H31N3O3. The minimum atomic E-state index is -0.446. The third-order valence-electron chi connectivity index (χ3n) is 6.58. The minimum absolute atomic E-state index is 0.00684. The molecular weight excluding hydrogens is 402 g/mol. The number of amides is 2. The zero-order valence-electron chi connectivity index (χ0n) is 19.0.